The van der Waals surface area contributed by atoms with Crippen LogP contribution in [0.1, 0.15) is 37.8 Å². The number of anilines is 2. The van der Waals surface area contributed by atoms with E-state index in [1.54, 1.807) is 0 Å². The molecule has 0 saturated carbocycles. The van der Waals surface area contributed by atoms with Crippen molar-refractivity contribution in [2.75, 3.05) is 36.4 Å². The summed E-state index contributed by atoms with van der Waals surface area (Å²) in [5.74, 6) is 1.82. The third-order valence-electron chi connectivity index (χ3n) is 5.29. The van der Waals surface area contributed by atoms with Gasteiger partial charge in [-0.05, 0) is 37.5 Å². The molecule has 1 atom stereocenters. The molecular weight excluding hydrogens is 324 g/mol. The molecule has 4 rings (SSSR count). The zero-order valence-corrected chi connectivity index (χ0v) is 15.3. The maximum atomic E-state index is 4.78. The van der Waals surface area contributed by atoms with Crippen molar-refractivity contribution in [2.24, 2.45) is 0 Å². The van der Waals surface area contributed by atoms with Crippen LogP contribution in [0.5, 0.6) is 0 Å². The Labute approximate surface area is 155 Å². The summed E-state index contributed by atoms with van der Waals surface area (Å²) in [5, 5.41) is 3.54. The van der Waals surface area contributed by atoms with E-state index in [9.17, 15) is 0 Å². The van der Waals surface area contributed by atoms with Crippen molar-refractivity contribution in [3.63, 3.8) is 0 Å². The standard InChI is InChI=1S/C20H28N6/c1-2-6-13-26(12-5-1)19-8-11-22-20(24-19)23-18-9-14-25(16-18)15-17-7-3-4-10-21-17/h3-4,7-8,10-11,18H,1-2,5-6,9,12-16H2,(H,22,23,24)/t18-/m0/s1. The molecule has 2 aromatic heterocycles. The molecule has 138 valence electrons. The number of nitrogens with zero attached hydrogens (tertiary/aromatic N) is 5. The number of rotatable bonds is 5. The van der Waals surface area contributed by atoms with Gasteiger partial charge < -0.3 is 10.2 Å². The summed E-state index contributed by atoms with van der Waals surface area (Å²) >= 11 is 0. The van der Waals surface area contributed by atoms with Gasteiger partial charge in [0, 0.05) is 51.2 Å². The topological polar surface area (TPSA) is 57.2 Å². The van der Waals surface area contributed by atoms with Gasteiger partial charge in [-0.25, -0.2) is 4.98 Å². The first-order valence-corrected chi connectivity index (χ1v) is 9.83. The third-order valence-corrected chi connectivity index (χ3v) is 5.29. The summed E-state index contributed by atoms with van der Waals surface area (Å²) in [6.07, 6.45) is 10.1. The molecule has 2 aliphatic heterocycles. The minimum Gasteiger partial charge on any atom is -0.356 e. The largest absolute Gasteiger partial charge is 0.356 e. The molecule has 0 aliphatic carbocycles. The van der Waals surface area contributed by atoms with Gasteiger partial charge in [-0.2, -0.15) is 4.98 Å². The van der Waals surface area contributed by atoms with E-state index in [4.69, 9.17) is 4.98 Å². The van der Waals surface area contributed by atoms with Crippen LogP contribution in [0.2, 0.25) is 0 Å². The molecule has 0 aromatic carbocycles. The average Bonchev–Trinajstić information content (AvgIpc) is 2.94. The van der Waals surface area contributed by atoms with Gasteiger partial charge >= 0.3 is 0 Å². The highest BCUT2D eigenvalue weighted by Gasteiger charge is 2.23. The molecule has 2 aromatic rings. The zero-order chi connectivity index (χ0) is 17.6. The maximum Gasteiger partial charge on any atom is 0.224 e. The van der Waals surface area contributed by atoms with Crippen molar-refractivity contribution in [3.05, 3.63) is 42.4 Å². The van der Waals surface area contributed by atoms with Gasteiger partial charge in [0.25, 0.3) is 0 Å². The summed E-state index contributed by atoms with van der Waals surface area (Å²) in [5.41, 5.74) is 1.13. The predicted octanol–water partition coefficient (Wildman–Crippen LogP) is 2.94. The van der Waals surface area contributed by atoms with Crippen LogP contribution in [-0.2, 0) is 6.54 Å². The van der Waals surface area contributed by atoms with E-state index in [1.165, 1.54) is 25.7 Å². The number of likely N-dealkylation sites (tertiary alicyclic amines) is 1. The molecule has 2 fully saturated rings. The Morgan fingerprint density at radius 1 is 0.962 bits per heavy atom. The van der Waals surface area contributed by atoms with Crippen LogP contribution in [0.25, 0.3) is 0 Å². The van der Waals surface area contributed by atoms with Gasteiger partial charge in [0.05, 0.1) is 5.69 Å². The molecule has 6 heteroatoms. The van der Waals surface area contributed by atoms with Gasteiger partial charge in [-0.1, -0.05) is 18.9 Å². The Morgan fingerprint density at radius 2 is 1.85 bits per heavy atom. The monoisotopic (exact) mass is 352 g/mol. The van der Waals surface area contributed by atoms with Gasteiger partial charge in [-0.15, -0.1) is 0 Å². The fourth-order valence-corrected chi connectivity index (χ4v) is 3.89. The smallest absolute Gasteiger partial charge is 0.224 e. The molecular formula is C20H28N6. The summed E-state index contributed by atoms with van der Waals surface area (Å²) < 4.78 is 0. The number of hydrogen-bond donors (Lipinski definition) is 1. The summed E-state index contributed by atoms with van der Waals surface area (Å²) in [7, 11) is 0. The SMILES string of the molecule is c1ccc(CN2CC[C@H](Nc3nccc(N4CCCCCC4)n3)C2)nc1. The molecule has 0 unspecified atom stereocenters. The second-order valence-corrected chi connectivity index (χ2v) is 7.33. The minimum absolute atomic E-state index is 0.401. The lowest BCUT2D eigenvalue weighted by Gasteiger charge is -2.22. The quantitative estimate of drug-likeness (QED) is 0.893. The lowest BCUT2D eigenvalue weighted by atomic mass is 10.2. The van der Waals surface area contributed by atoms with E-state index in [0.29, 0.717) is 6.04 Å². The molecule has 2 aliphatic rings. The van der Waals surface area contributed by atoms with Gasteiger partial charge in [-0.3, -0.25) is 9.88 Å². The van der Waals surface area contributed by atoms with E-state index < -0.39 is 0 Å². The Hall–Kier alpha value is -2.21. The predicted molar refractivity (Wildman–Crippen MR) is 104 cm³/mol. The van der Waals surface area contributed by atoms with Crippen LogP contribution in [0.15, 0.2) is 36.7 Å². The lowest BCUT2D eigenvalue weighted by Crippen LogP contribution is -2.28. The first-order chi connectivity index (χ1) is 12.9. The number of hydrogen-bond acceptors (Lipinski definition) is 6. The molecule has 1 N–H and O–H groups in total. The van der Waals surface area contributed by atoms with Crippen molar-refractivity contribution >= 4 is 11.8 Å². The highest BCUT2D eigenvalue weighted by molar-refractivity contribution is 5.43. The van der Waals surface area contributed by atoms with E-state index in [1.807, 2.05) is 24.5 Å². The van der Waals surface area contributed by atoms with Crippen LogP contribution in [-0.4, -0.2) is 52.1 Å². The molecule has 0 radical (unpaired) electrons. The third kappa shape index (κ3) is 4.49. The Balaban J connectivity index is 1.33. The summed E-state index contributed by atoms with van der Waals surface area (Å²) in [4.78, 5) is 18.5. The Morgan fingerprint density at radius 3 is 2.65 bits per heavy atom. The second-order valence-electron chi connectivity index (χ2n) is 7.33. The molecule has 26 heavy (non-hydrogen) atoms. The summed E-state index contributed by atoms with van der Waals surface area (Å²) in [6.45, 7) is 5.22. The van der Waals surface area contributed by atoms with Crippen LogP contribution in [0, 0.1) is 0 Å². The van der Waals surface area contributed by atoms with Gasteiger partial charge in [0.1, 0.15) is 5.82 Å². The lowest BCUT2D eigenvalue weighted by molar-refractivity contribution is 0.324. The van der Waals surface area contributed by atoms with Crippen LogP contribution in [0.3, 0.4) is 0 Å². The number of nitrogens with one attached hydrogen (secondary N) is 1. The number of aromatic nitrogens is 3. The van der Waals surface area contributed by atoms with E-state index in [0.717, 1.165) is 56.6 Å². The van der Waals surface area contributed by atoms with E-state index in [2.05, 4.69) is 37.2 Å². The summed E-state index contributed by atoms with van der Waals surface area (Å²) in [6, 6.07) is 8.55. The van der Waals surface area contributed by atoms with E-state index in [-0.39, 0.29) is 0 Å². The van der Waals surface area contributed by atoms with Crippen molar-refractivity contribution in [3.8, 4) is 0 Å². The molecule has 6 nitrogen and oxygen atoms in total. The first kappa shape index (κ1) is 17.2. The normalized spacial score (nSPS) is 21.5. The van der Waals surface area contributed by atoms with Crippen molar-refractivity contribution < 1.29 is 0 Å². The maximum absolute atomic E-state index is 4.78. The van der Waals surface area contributed by atoms with Crippen LogP contribution >= 0.6 is 0 Å². The molecule has 0 spiro atoms. The average molecular weight is 352 g/mol. The van der Waals surface area contributed by atoms with Gasteiger partial charge in [0.15, 0.2) is 0 Å². The first-order valence-electron chi connectivity index (χ1n) is 9.83. The van der Waals surface area contributed by atoms with Crippen molar-refractivity contribution in [1.29, 1.82) is 0 Å². The molecule has 2 saturated heterocycles. The van der Waals surface area contributed by atoms with Crippen molar-refractivity contribution in [2.45, 2.75) is 44.7 Å². The highest BCUT2D eigenvalue weighted by atomic mass is 15.3. The zero-order valence-electron chi connectivity index (χ0n) is 15.3. The van der Waals surface area contributed by atoms with Crippen LogP contribution in [0.4, 0.5) is 11.8 Å². The minimum atomic E-state index is 0.401. The molecule has 0 amide bonds. The van der Waals surface area contributed by atoms with Crippen LogP contribution < -0.4 is 10.2 Å². The Kier molecular flexibility index (Phi) is 5.59. The van der Waals surface area contributed by atoms with Gasteiger partial charge in [0.2, 0.25) is 5.95 Å². The van der Waals surface area contributed by atoms with E-state index >= 15 is 0 Å². The fraction of sp³-hybridized carbons (Fsp3) is 0.550. The fourth-order valence-electron chi connectivity index (χ4n) is 3.89. The second kappa shape index (κ2) is 8.45. The van der Waals surface area contributed by atoms with Crippen molar-refractivity contribution in [1.82, 2.24) is 19.9 Å². The highest BCUT2D eigenvalue weighted by Crippen LogP contribution is 2.20. The molecule has 4 heterocycles. The Bertz CT molecular complexity index is 684. The molecule has 0 bridgehead atoms. The number of pyridine rings is 1.